The summed E-state index contributed by atoms with van der Waals surface area (Å²) in [6.07, 6.45) is 3.89. The van der Waals surface area contributed by atoms with Crippen LogP contribution in [0.25, 0.3) is 0 Å². The van der Waals surface area contributed by atoms with E-state index in [0.717, 1.165) is 0 Å². The van der Waals surface area contributed by atoms with Gasteiger partial charge in [0.15, 0.2) is 0 Å². The first-order valence-electron chi connectivity index (χ1n) is 7.45. The third-order valence-corrected chi connectivity index (χ3v) is 9.45. The van der Waals surface area contributed by atoms with Gasteiger partial charge in [-0.25, -0.2) is 0 Å². The van der Waals surface area contributed by atoms with E-state index in [0.29, 0.717) is 9.17 Å². The molecule has 0 saturated carbocycles. The molecular formula is C15H35N2Ta2. The molecule has 0 unspecified atom stereocenters. The summed E-state index contributed by atoms with van der Waals surface area (Å²) >= 11 is 1.09. The third kappa shape index (κ3) is 10.7. The summed E-state index contributed by atoms with van der Waals surface area (Å²) in [5.41, 5.74) is 0.516. The van der Waals surface area contributed by atoms with Gasteiger partial charge in [0, 0.05) is 0 Å². The number of rotatable bonds is 6. The van der Waals surface area contributed by atoms with E-state index in [1.807, 2.05) is 0 Å². The van der Waals surface area contributed by atoms with E-state index >= 15 is 0 Å². The first-order chi connectivity index (χ1) is 8.58. The molecule has 0 saturated heterocycles. The Kier molecular flexibility index (Phi) is 13.2. The summed E-state index contributed by atoms with van der Waals surface area (Å²) in [5.74, 6) is 0. The van der Waals surface area contributed by atoms with Gasteiger partial charge in [-0.15, -0.1) is 0 Å². The summed E-state index contributed by atoms with van der Waals surface area (Å²) in [5, 5.41) is 0. The standard InChI is InChI=1S/C9H20N.C4H9.C2H6N.2Ta/c1-5-9(6-2,7-3)10-8-4;1-4(2)3;1-3-2;;/h5-8H2,1-4H3;1-3H3;1-2H3;;/q-1;;-1;2*+1. The molecule has 0 atom stereocenters. The second-order valence-corrected chi connectivity index (χ2v) is 16.3. The molecule has 2 nitrogen and oxygen atoms in total. The SMILES string of the molecule is CC[N]([Ta])C(CC)(CC)CC.C[N](C)[Ta][C](C)(C)C. The van der Waals surface area contributed by atoms with E-state index in [1.165, 1.54) is 47.1 Å². The number of hydrogen-bond acceptors (Lipinski definition) is 2. The van der Waals surface area contributed by atoms with E-state index in [-0.39, 0.29) is 20.0 Å². The molecular weight excluding hydrogens is 570 g/mol. The monoisotopic (exact) mass is 605 g/mol. The molecule has 0 spiro atoms. The van der Waals surface area contributed by atoms with Gasteiger partial charge in [-0.05, 0) is 0 Å². The van der Waals surface area contributed by atoms with Crippen LogP contribution in [-0.4, -0.2) is 32.8 Å². The van der Waals surface area contributed by atoms with Gasteiger partial charge < -0.3 is 0 Å². The van der Waals surface area contributed by atoms with Crippen molar-refractivity contribution in [3.8, 4) is 0 Å². The molecule has 0 rings (SSSR count). The molecule has 0 aromatic heterocycles. The molecule has 0 aliphatic rings. The van der Waals surface area contributed by atoms with E-state index < -0.39 is 0 Å². The molecule has 0 bridgehead atoms. The van der Waals surface area contributed by atoms with Gasteiger partial charge in [-0.2, -0.15) is 0 Å². The molecule has 0 N–H and O–H groups in total. The fourth-order valence-electron chi connectivity index (χ4n) is 2.23. The summed E-state index contributed by atoms with van der Waals surface area (Å²) < 4.78 is 5.61. The Balaban J connectivity index is 0. The van der Waals surface area contributed by atoms with E-state index in [4.69, 9.17) is 0 Å². The summed E-state index contributed by atoms with van der Waals surface area (Å²) in [6.45, 7) is 17.4. The number of hydrogen-bond donors (Lipinski definition) is 0. The van der Waals surface area contributed by atoms with Gasteiger partial charge in [-0.3, -0.25) is 0 Å². The Morgan fingerprint density at radius 3 is 1.32 bits per heavy atom. The van der Waals surface area contributed by atoms with Gasteiger partial charge in [0.1, 0.15) is 0 Å². The molecule has 4 heteroatoms. The van der Waals surface area contributed by atoms with Crippen molar-refractivity contribution in [3.05, 3.63) is 0 Å². The zero-order valence-electron chi connectivity index (χ0n) is 14.6. The predicted octanol–water partition coefficient (Wildman–Crippen LogP) is 4.50. The van der Waals surface area contributed by atoms with Crippen molar-refractivity contribution in [2.45, 2.75) is 76.9 Å². The van der Waals surface area contributed by atoms with Crippen LogP contribution in [0.2, 0.25) is 3.63 Å². The average molecular weight is 605 g/mol. The first kappa shape index (κ1) is 22.7. The van der Waals surface area contributed by atoms with E-state index in [1.54, 1.807) is 0 Å². The maximum atomic E-state index is 2.59. The first-order valence-corrected chi connectivity index (χ1v) is 11.9. The molecule has 0 fully saturated rings. The third-order valence-electron chi connectivity index (χ3n) is 3.32. The van der Waals surface area contributed by atoms with Gasteiger partial charge in [0.05, 0.1) is 0 Å². The summed E-state index contributed by atoms with van der Waals surface area (Å²) in [6, 6.07) is 0. The average Bonchev–Trinajstić information content (AvgIpc) is 2.29. The van der Waals surface area contributed by atoms with Crippen LogP contribution in [0.4, 0.5) is 0 Å². The molecule has 0 heterocycles. The van der Waals surface area contributed by atoms with Gasteiger partial charge in [0.2, 0.25) is 0 Å². The van der Waals surface area contributed by atoms with Crippen molar-refractivity contribution in [2.24, 2.45) is 0 Å². The van der Waals surface area contributed by atoms with Crippen LogP contribution in [0.5, 0.6) is 0 Å². The molecule has 0 aromatic rings. The van der Waals surface area contributed by atoms with Crippen LogP contribution in [-0.2, 0) is 41.3 Å². The second kappa shape index (κ2) is 11.0. The van der Waals surface area contributed by atoms with E-state index in [2.05, 4.69) is 69.2 Å². The van der Waals surface area contributed by atoms with Crippen molar-refractivity contribution >= 4 is 0 Å². The van der Waals surface area contributed by atoms with E-state index in [9.17, 15) is 0 Å². The van der Waals surface area contributed by atoms with Crippen molar-refractivity contribution in [2.75, 3.05) is 20.6 Å². The summed E-state index contributed by atoms with van der Waals surface area (Å²) in [4.78, 5) is 0. The number of nitrogens with zero attached hydrogens (tertiary/aromatic N) is 2. The maximum absolute atomic E-state index is 2.59. The quantitative estimate of drug-likeness (QED) is 0.441. The van der Waals surface area contributed by atoms with Crippen LogP contribution in [0.1, 0.15) is 67.7 Å². The molecule has 0 aromatic carbocycles. The van der Waals surface area contributed by atoms with Crippen LogP contribution in [0, 0.1) is 0 Å². The van der Waals surface area contributed by atoms with Gasteiger partial charge in [-0.1, -0.05) is 0 Å². The van der Waals surface area contributed by atoms with Gasteiger partial charge in [0.25, 0.3) is 0 Å². The van der Waals surface area contributed by atoms with Crippen LogP contribution >= 0.6 is 0 Å². The molecule has 0 aliphatic heterocycles. The zero-order chi connectivity index (χ0) is 15.7. The van der Waals surface area contributed by atoms with Crippen molar-refractivity contribution in [1.29, 1.82) is 0 Å². The van der Waals surface area contributed by atoms with Crippen LogP contribution < -0.4 is 0 Å². The normalized spacial score (nSPS) is 12.4. The van der Waals surface area contributed by atoms with Crippen LogP contribution in [0.15, 0.2) is 0 Å². The van der Waals surface area contributed by atoms with Crippen LogP contribution in [0.3, 0.4) is 0 Å². The molecule has 0 radical (unpaired) electrons. The van der Waals surface area contributed by atoms with Crippen molar-refractivity contribution < 1.29 is 41.3 Å². The molecule has 115 valence electrons. The Morgan fingerprint density at radius 1 is 0.895 bits per heavy atom. The second-order valence-electron chi connectivity index (χ2n) is 6.12. The van der Waals surface area contributed by atoms with Crippen molar-refractivity contribution in [3.63, 3.8) is 0 Å². The van der Waals surface area contributed by atoms with Gasteiger partial charge >= 0.3 is 145 Å². The minimum atomic E-state index is -0.325. The summed E-state index contributed by atoms with van der Waals surface area (Å²) in [7, 11) is 4.37. The minimum absolute atomic E-state index is 0.325. The van der Waals surface area contributed by atoms with Crippen molar-refractivity contribution in [1.82, 2.24) is 6.61 Å². The Morgan fingerprint density at radius 2 is 1.26 bits per heavy atom. The molecule has 0 aliphatic carbocycles. The predicted molar refractivity (Wildman–Crippen MR) is 79.4 cm³/mol. The fraction of sp³-hybridized carbons (Fsp3) is 1.00. The Labute approximate surface area is 144 Å². The fourth-order valence-corrected chi connectivity index (χ4v) is 8.07. The topological polar surface area (TPSA) is 6.48 Å². The Bertz CT molecular complexity index is 200. The Hall–Kier alpha value is 1.40. The molecule has 19 heavy (non-hydrogen) atoms. The molecule has 0 amide bonds. The zero-order valence-corrected chi connectivity index (χ0v) is 21.0.